The van der Waals surface area contributed by atoms with E-state index < -0.39 is 5.60 Å². The zero-order valence-electron chi connectivity index (χ0n) is 13.7. The Kier molecular flexibility index (Phi) is 4.43. The predicted octanol–water partition coefficient (Wildman–Crippen LogP) is 3.93. The molecule has 0 unspecified atom stereocenters. The number of carbonyl (C=O) groups excluding carboxylic acids is 1. The van der Waals surface area contributed by atoms with Gasteiger partial charge in [-0.15, -0.1) is 0 Å². The zero-order valence-corrected chi connectivity index (χ0v) is 14.6. The first-order valence-electron chi connectivity index (χ1n) is 7.87. The fraction of sp³-hybridized carbons (Fsp3) is 0.529. The van der Waals surface area contributed by atoms with Crippen molar-refractivity contribution in [3.8, 4) is 5.19 Å². The maximum Gasteiger partial charge on any atom is 0.410 e. The van der Waals surface area contributed by atoms with E-state index in [1.807, 2.05) is 45.0 Å². The highest BCUT2D eigenvalue weighted by Crippen LogP contribution is 2.28. The molecule has 0 saturated carbocycles. The van der Waals surface area contributed by atoms with E-state index in [0.29, 0.717) is 24.3 Å². The molecule has 0 N–H and O–H groups in total. The summed E-state index contributed by atoms with van der Waals surface area (Å²) in [6.07, 6.45) is 0.699. The summed E-state index contributed by atoms with van der Waals surface area (Å²) in [5.41, 5.74) is 0.515. The van der Waals surface area contributed by atoms with Gasteiger partial charge in [-0.25, -0.2) is 9.78 Å². The van der Waals surface area contributed by atoms with E-state index in [1.54, 1.807) is 16.2 Å². The minimum atomic E-state index is -0.452. The molecule has 1 aromatic heterocycles. The number of benzene rings is 1. The monoisotopic (exact) mass is 334 g/mol. The molecule has 1 aliphatic heterocycles. The molecule has 3 rings (SSSR count). The van der Waals surface area contributed by atoms with E-state index in [1.165, 1.54) is 0 Å². The van der Waals surface area contributed by atoms with Crippen LogP contribution >= 0.6 is 11.3 Å². The van der Waals surface area contributed by atoms with Crippen LogP contribution in [0.15, 0.2) is 24.3 Å². The lowest BCUT2D eigenvalue weighted by molar-refractivity contribution is 0.0285. The van der Waals surface area contributed by atoms with Crippen LogP contribution in [0, 0.1) is 5.92 Å². The molecule has 1 aliphatic rings. The molecule has 5 nitrogen and oxygen atoms in total. The number of para-hydroxylation sites is 1. The summed E-state index contributed by atoms with van der Waals surface area (Å²) >= 11 is 1.56. The van der Waals surface area contributed by atoms with Gasteiger partial charge in [0.2, 0.25) is 0 Å². The van der Waals surface area contributed by atoms with Crippen LogP contribution < -0.4 is 4.74 Å². The van der Waals surface area contributed by atoms with Gasteiger partial charge >= 0.3 is 6.09 Å². The average Bonchev–Trinajstić information content (AvgIpc) is 3.09. The van der Waals surface area contributed by atoms with Gasteiger partial charge in [-0.1, -0.05) is 23.5 Å². The molecule has 124 valence electrons. The second-order valence-corrected chi connectivity index (χ2v) is 7.83. The van der Waals surface area contributed by atoms with Crippen LogP contribution in [0.3, 0.4) is 0 Å². The van der Waals surface area contributed by atoms with Crippen LogP contribution in [-0.4, -0.2) is 41.3 Å². The molecule has 1 aromatic carbocycles. The highest BCUT2D eigenvalue weighted by atomic mass is 32.1. The molecule has 0 aliphatic carbocycles. The molecule has 1 fully saturated rings. The van der Waals surface area contributed by atoms with E-state index in [4.69, 9.17) is 9.47 Å². The van der Waals surface area contributed by atoms with Crippen LogP contribution in [0.4, 0.5) is 4.79 Å². The number of thiazole rings is 1. The molecule has 23 heavy (non-hydrogen) atoms. The third-order valence-corrected chi connectivity index (χ3v) is 4.60. The van der Waals surface area contributed by atoms with Gasteiger partial charge in [-0.05, 0) is 39.3 Å². The number of rotatable bonds is 3. The summed E-state index contributed by atoms with van der Waals surface area (Å²) < 4.78 is 12.4. The third kappa shape index (κ3) is 4.13. The summed E-state index contributed by atoms with van der Waals surface area (Å²) in [5, 5.41) is 0.696. The molecule has 0 spiro atoms. The van der Waals surface area contributed by atoms with Crippen molar-refractivity contribution in [2.75, 3.05) is 19.7 Å². The Bertz CT molecular complexity index is 659. The Morgan fingerprint density at radius 3 is 2.91 bits per heavy atom. The van der Waals surface area contributed by atoms with Gasteiger partial charge in [-0.2, -0.15) is 0 Å². The van der Waals surface area contributed by atoms with Gasteiger partial charge in [0.05, 0.1) is 16.8 Å². The summed E-state index contributed by atoms with van der Waals surface area (Å²) in [6, 6.07) is 8.00. The fourth-order valence-corrected chi connectivity index (χ4v) is 3.39. The topological polar surface area (TPSA) is 51.7 Å². The Hall–Kier alpha value is -1.82. The molecule has 1 amide bonds. The van der Waals surface area contributed by atoms with Crippen LogP contribution in [0.1, 0.15) is 27.2 Å². The lowest BCUT2D eigenvalue weighted by atomic mass is 10.1. The molecular formula is C17H22N2O3S. The second kappa shape index (κ2) is 6.35. The first kappa shape index (κ1) is 16.1. The third-order valence-electron chi connectivity index (χ3n) is 3.65. The number of hydrogen-bond donors (Lipinski definition) is 0. The van der Waals surface area contributed by atoms with Gasteiger partial charge in [0.15, 0.2) is 0 Å². The zero-order chi connectivity index (χ0) is 16.4. The summed E-state index contributed by atoms with van der Waals surface area (Å²) in [5.74, 6) is 0.328. The van der Waals surface area contributed by atoms with Crippen molar-refractivity contribution in [1.82, 2.24) is 9.88 Å². The standard InChI is InChI=1S/C17H22N2O3S/c1-17(2,3)22-16(20)19-9-8-12(10-19)11-21-15-18-13-6-4-5-7-14(13)23-15/h4-7,12H,8-11H2,1-3H3/t12-/m1/s1. The minimum Gasteiger partial charge on any atom is -0.470 e. The molecule has 0 bridgehead atoms. The van der Waals surface area contributed by atoms with E-state index in [9.17, 15) is 4.79 Å². The summed E-state index contributed by atoms with van der Waals surface area (Å²) in [6.45, 7) is 7.64. The lowest BCUT2D eigenvalue weighted by Crippen LogP contribution is -2.35. The maximum atomic E-state index is 12.1. The summed E-state index contributed by atoms with van der Waals surface area (Å²) in [7, 11) is 0. The Balaban J connectivity index is 1.51. The molecule has 1 saturated heterocycles. The number of ether oxygens (including phenoxy) is 2. The Morgan fingerprint density at radius 1 is 1.39 bits per heavy atom. The fourth-order valence-electron chi connectivity index (χ4n) is 2.56. The van der Waals surface area contributed by atoms with Crippen LogP contribution in [0.25, 0.3) is 10.2 Å². The van der Waals surface area contributed by atoms with Crippen molar-refractivity contribution in [3.63, 3.8) is 0 Å². The number of amides is 1. The number of hydrogen-bond acceptors (Lipinski definition) is 5. The molecule has 2 aromatic rings. The minimum absolute atomic E-state index is 0.236. The van der Waals surface area contributed by atoms with Gasteiger partial charge in [-0.3, -0.25) is 0 Å². The average molecular weight is 334 g/mol. The number of likely N-dealkylation sites (tertiary alicyclic amines) is 1. The second-order valence-electron chi connectivity index (χ2n) is 6.84. The summed E-state index contributed by atoms with van der Waals surface area (Å²) in [4.78, 5) is 18.3. The van der Waals surface area contributed by atoms with E-state index in [0.717, 1.165) is 23.2 Å². The number of nitrogens with zero attached hydrogens (tertiary/aromatic N) is 2. The normalized spacial score (nSPS) is 18.4. The number of fused-ring (bicyclic) bond motifs is 1. The Labute approximate surface area is 140 Å². The highest BCUT2D eigenvalue weighted by Gasteiger charge is 2.30. The molecule has 6 heteroatoms. The predicted molar refractivity (Wildman–Crippen MR) is 91.0 cm³/mol. The first-order valence-corrected chi connectivity index (χ1v) is 8.69. The number of aromatic nitrogens is 1. The molecule has 1 atom stereocenters. The van der Waals surface area contributed by atoms with Gasteiger partial charge in [0.25, 0.3) is 5.19 Å². The SMILES string of the molecule is CC(C)(C)OC(=O)N1CC[C@@H](COc2nc3ccccc3s2)C1. The van der Waals surface area contributed by atoms with Crippen molar-refractivity contribution < 1.29 is 14.3 Å². The van der Waals surface area contributed by atoms with Gasteiger partial charge in [0, 0.05) is 19.0 Å². The van der Waals surface area contributed by atoms with Gasteiger partial charge in [0.1, 0.15) is 5.60 Å². The van der Waals surface area contributed by atoms with E-state index in [2.05, 4.69) is 4.98 Å². The Morgan fingerprint density at radius 2 is 2.17 bits per heavy atom. The van der Waals surface area contributed by atoms with E-state index in [-0.39, 0.29) is 6.09 Å². The van der Waals surface area contributed by atoms with Crippen molar-refractivity contribution >= 4 is 27.6 Å². The lowest BCUT2D eigenvalue weighted by Gasteiger charge is -2.24. The molecule has 0 radical (unpaired) electrons. The highest BCUT2D eigenvalue weighted by molar-refractivity contribution is 7.20. The number of carbonyl (C=O) groups is 1. The quantitative estimate of drug-likeness (QED) is 0.853. The molecular weight excluding hydrogens is 312 g/mol. The largest absolute Gasteiger partial charge is 0.470 e. The van der Waals surface area contributed by atoms with Gasteiger partial charge < -0.3 is 14.4 Å². The van der Waals surface area contributed by atoms with Crippen LogP contribution in [0.5, 0.6) is 5.19 Å². The van der Waals surface area contributed by atoms with Crippen molar-refractivity contribution in [2.45, 2.75) is 32.8 Å². The van der Waals surface area contributed by atoms with E-state index >= 15 is 0 Å². The van der Waals surface area contributed by atoms with Crippen LogP contribution in [-0.2, 0) is 4.74 Å². The molecule has 2 heterocycles. The van der Waals surface area contributed by atoms with Crippen LogP contribution in [0.2, 0.25) is 0 Å². The van der Waals surface area contributed by atoms with Crippen molar-refractivity contribution in [1.29, 1.82) is 0 Å². The first-order chi connectivity index (χ1) is 10.9. The maximum absolute atomic E-state index is 12.1. The van der Waals surface area contributed by atoms with Crippen molar-refractivity contribution in [2.24, 2.45) is 5.92 Å². The smallest absolute Gasteiger partial charge is 0.410 e. The van der Waals surface area contributed by atoms with Crippen molar-refractivity contribution in [3.05, 3.63) is 24.3 Å².